The lowest BCUT2D eigenvalue weighted by Gasteiger charge is -2.34. The number of thiophene rings is 1. The highest BCUT2D eigenvalue weighted by atomic mass is 32.1. The Bertz CT molecular complexity index is 455. The lowest BCUT2D eigenvalue weighted by Crippen LogP contribution is -2.57. The van der Waals surface area contributed by atoms with Crippen LogP contribution in [0.1, 0.15) is 29.6 Å². The van der Waals surface area contributed by atoms with Gasteiger partial charge in [-0.15, -0.1) is 11.3 Å². The summed E-state index contributed by atoms with van der Waals surface area (Å²) in [6.45, 7) is 5.88. The molecular formula is C12H16N2O2S. The van der Waals surface area contributed by atoms with Crippen LogP contribution in [0, 0.1) is 6.92 Å². The Kier molecular flexibility index (Phi) is 3.19. The maximum Gasteiger partial charge on any atom is 0.245 e. The SMILES string of the molecule is Cc1ccc(C(C)N2CC(=O)NC(C)C2=O)s1. The summed E-state index contributed by atoms with van der Waals surface area (Å²) < 4.78 is 0. The standard InChI is InChI=1S/C12H16N2O2S/c1-7-4-5-10(17-7)9(3)14-6-11(15)13-8(2)12(14)16/h4-5,8-9H,6H2,1-3H3,(H,13,15). The summed E-state index contributed by atoms with van der Waals surface area (Å²) >= 11 is 1.67. The van der Waals surface area contributed by atoms with E-state index in [4.69, 9.17) is 0 Å². The van der Waals surface area contributed by atoms with Crippen molar-refractivity contribution in [3.8, 4) is 0 Å². The normalized spacial score (nSPS) is 22.5. The van der Waals surface area contributed by atoms with E-state index in [1.807, 2.05) is 26.0 Å². The first-order chi connectivity index (χ1) is 7.99. The minimum Gasteiger partial charge on any atom is -0.343 e. The smallest absolute Gasteiger partial charge is 0.245 e. The number of aryl methyl sites for hydroxylation is 1. The molecule has 0 aromatic carbocycles. The summed E-state index contributed by atoms with van der Waals surface area (Å²) in [6, 6.07) is 3.61. The van der Waals surface area contributed by atoms with Crippen molar-refractivity contribution in [2.45, 2.75) is 32.9 Å². The van der Waals surface area contributed by atoms with Gasteiger partial charge < -0.3 is 10.2 Å². The maximum absolute atomic E-state index is 12.0. The van der Waals surface area contributed by atoms with Crippen LogP contribution in [0.4, 0.5) is 0 Å². The Morgan fingerprint density at radius 3 is 2.76 bits per heavy atom. The van der Waals surface area contributed by atoms with Gasteiger partial charge in [-0.1, -0.05) is 0 Å². The summed E-state index contributed by atoms with van der Waals surface area (Å²) in [6.07, 6.45) is 0. The molecule has 2 heterocycles. The lowest BCUT2D eigenvalue weighted by molar-refractivity contribution is -0.145. The molecule has 1 aliphatic rings. The summed E-state index contributed by atoms with van der Waals surface area (Å²) in [7, 11) is 0. The predicted molar refractivity (Wildman–Crippen MR) is 66.8 cm³/mol. The number of amides is 2. The number of carbonyl (C=O) groups excluding carboxylic acids is 2. The Balaban J connectivity index is 2.20. The highest BCUT2D eigenvalue weighted by Gasteiger charge is 2.33. The van der Waals surface area contributed by atoms with Crippen molar-refractivity contribution in [3.05, 3.63) is 21.9 Å². The molecule has 0 bridgehead atoms. The zero-order valence-electron chi connectivity index (χ0n) is 10.2. The van der Waals surface area contributed by atoms with Gasteiger partial charge in [0.05, 0.1) is 6.04 Å². The first-order valence-electron chi connectivity index (χ1n) is 5.65. The minimum atomic E-state index is -0.417. The van der Waals surface area contributed by atoms with Gasteiger partial charge in [0.1, 0.15) is 12.6 Å². The molecule has 1 N–H and O–H groups in total. The van der Waals surface area contributed by atoms with Crippen molar-refractivity contribution in [1.29, 1.82) is 0 Å². The molecule has 4 nitrogen and oxygen atoms in total. The van der Waals surface area contributed by atoms with Crippen LogP contribution < -0.4 is 5.32 Å². The number of hydrogen-bond donors (Lipinski definition) is 1. The number of hydrogen-bond acceptors (Lipinski definition) is 3. The fraction of sp³-hybridized carbons (Fsp3) is 0.500. The lowest BCUT2D eigenvalue weighted by atomic mass is 10.1. The number of nitrogens with one attached hydrogen (secondary N) is 1. The van der Waals surface area contributed by atoms with Crippen LogP contribution in [-0.4, -0.2) is 29.3 Å². The quantitative estimate of drug-likeness (QED) is 0.866. The highest BCUT2D eigenvalue weighted by Crippen LogP contribution is 2.28. The van der Waals surface area contributed by atoms with Crippen LogP contribution in [0.5, 0.6) is 0 Å². The maximum atomic E-state index is 12.0. The van der Waals surface area contributed by atoms with E-state index in [9.17, 15) is 9.59 Å². The van der Waals surface area contributed by atoms with Crippen molar-refractivity contribution >= 4 is 23.2 Å². The van der Waals surface area contributed by atoms with Gasteiger partial charge in [-0.05, 0) is 32.9 Å². The zero-order valence-corrected chi connectivity index (χ0v) is 11.0. The monoisotopic (exact) mass is 252 g/mol. The van der Waals surface area contributed by atoms with Crippen LogP contribution in [-0.2, 0) is 9.59 Å². The molecule has 1 fully saturated rings. The molecule has 0 radical (unpaired) electrons. The van der Waals surface area contributed by atoms with Crippen molar-refractivity contribution < 1.29 is 9.59 Å². The fourth-order valence-electron chi connectivity index (χ4n) is 1.99. The summed E-state index contributed by atoms with van der Waals surface area (Å²) in [5, 5.41) is 2.64. The molecule has 5 heteroatoms. The second-order valence-corrected chi connectivity index (χ2v) is 5.70. The predicted octanol–water partition coefficient (Wildman–Crippen LogP) is 1.46. The third-order valence-corrected chi connectivity index (χ3v) is 4.16. The Hall–Kier alpha value is -1.36. The molecule has 1 aromatic rings. The topological polar surface area (TPSA) is 49.4 Å². The number of carbonyl (C=O) groups is 2. The Morgan fingerprint density at radius 1 is 1.47 bits per heavy atom. The fourth-order valence-corrected chi connectivity index (χ4v) is 2.93. The zero-order chi connectivity index (χ0) is 12.6. The van der Waals surface area contributed by atoms with Gasteiger partial charge in [0.25, 0.3) is 0 Å². The van der Waals surface area contributed by atoms with Crippen LogP contribution in [0.25, 0.3) is 0 Å². The first kappa shape index (κ1) is 12.1. The number of nitrogens with zero attached hydrogens (tertiary/aromatic N) is 1. The molecule has 2 amide bonds. The van der Waals surface area contributed by atoms with Gasteiger partial charge in [-0.25, -0.2) is 0 Å². The molecule has 17 heavy (non-hydrogen) atoms. The second kappa shape index (κ2) is 4.49. The summed E-state index contributed by atoms with van der Waals surface area (Å²) in [5.74, 6) is -0.0969. The van der Waals surface area contributed by atoms with E-state index in [0.29, 0.717) is 0 Å². The van der Waals surface area contributed by atoms with Crippen molar-refractivity contribution in [1.82, 2.24) is 10.2 Å². The van der Waals surface area contributed by atoms with Gasteiger partial charge in [-0.2, -0.15) is 0 Å². The third-order valence-electron chi connectivity index (χ3n) is 2.99. The van der Waals surface area contributed by atoms with Crippen LogP contribution in [0.3, 0.4) is 0 Å². The van der Waals surface area contributed by atoms with Crippen molar-refractivity contribution in [3.63, 3.8) is 0 Å². The van der Waals surface area contributed by atoms with Gasteiger partial charge >= 0.3 is 0 Å². The molecule has 92 valence electrons. The van der Waals surface area contributed by atoms with E-state index < -0.39 is 6.04 Å². The van der Waals surface area contributed by atoms with Crippen LogP contribution in [0.2, 0.25) is 0 Å². The van der Waals surface area contributed by atoms with E-state index in [2.05, 4.69) is 5.32 Å². The van der Waals surface area contributed by atoms with E-state index in [0.717, 1.165) is 4.88 Å². The number of rotatable bonds is 2. The average molecular weight is 252 g/mol. The van der Waals surface area contributed by atoms with E-state index in [1.165, 1.54) is 4.88 Å². The van der Waals surface area contributed by atoms with Crippen LogP contribution in [0.15, 0.2) is 12.1 Å². The van der Waals surface area contributed by atoms with Gasteiger partial charge in [0.15, 0.2) is 0 Å². The third kappa shape index (κ3) is 2.34. The number of piperazine rings is 1. The summed E-state index contributed by atoms with van der Waals surface area (Å²) in [4.78, 5) is 27.5. The Morgan fingerprint density at radius 2 is 2.18 bits per heavy atom. The van der Waals surface area contributed by atoms with Gasteiger partial charge in [0.2, 0.25) is 11.8 Å². The first-order valence-corrected chi connectivity index (χ1v) is 6.47. The minimum absolute atomic E-state index is 0.0110. The van der Waals surface area contributed by atoms with E-state index in [-0.39, 0.29) is 24.4 Å². The molecule has 0 saturated carbocycles. The van der Waals surface area contributed by atoms with E-state index in [1.54, 1.807) is 23.2 Å². The van der Waals surface area contributed by atoms with Crippen LogP contribution >= 0.6 is 11.3 Å². The molecule has 1 aliphatic heterocycles. The molecule has 0 spiro atoms. The molecular weight excluding hydrogens is 236 g/mol. The second-order valence-electron chi connectivity index (χ2n) is 4.38. The summed E-state index contributed by atoms with van der Waals surface area (Å²) in [5.41, 5.74) is 0. The Labute approximate surface area is 105 Å². The molecule has 2 atom stereocenters. The van der Waals surface area contributed by atoms with E-state index >= 15 is 0 Å². The van der Waals surface area contributed by atoms with Crippen molar-refractivity contribution in [2.75, 3.05) is 6.54 Å². The molecule has 1 aromatic heterocycles. The molecule has 2 rings (SSSR count). The molecule has 0 aliphatic carbocycles. The largest absolute Gasteiger partial charge is 0.343 e. The molecule has 2 unspecified atom stereocenters. The van der Waals surface area contributed by atoms with Crippen molar-refractivity contribution in [2.24, 2.45) is 0 Å². The molecule has 1 saturated heterocycles. The van der Waals surface area contributed by atoms with Gasteiger partial charge in [0, 0.05) is 9.75 Å². The highest BCUT2D eigenvalue weighted by molar-refractivity contribution is 7.12. The average Bonchev–Trinajstić information content (AvgIpc) is 2.69. The van der Waals surface area contributed by atoms with Gasteiger partial charge in [-0.3, -0.25) is 9.59 Å².